The first-order chi connectivity index (χ1) is 20.2. The molecule has 1 fully saturated rings. The summed E-state index contributed by atoms with van der Waals surface area (Å²) in [4.78, 5) is 39.1. The monoisotopic (exact) mass is 585 g/mol. The van der Waals surface area contributed by atoms with Crippen molar-refractivity contribution >= 4 is 17.8 Å². The fourth-order valence-corrected chi connectivity index (χ4v) is 3.26. The lowest BCUT2D eigenvalue weighted by atomic mass is 10.2. The zero-order valence-electron chi connectivity index (χ0n) is 23.7. The first-order valence-electron chi connectivity index (χ1n) is 13.9. The summed E-state index contributed by atoms with van der Waals surface area (Å²) in [5.74, 6) is -1.71. The minimum Gasteiger partial charge on any atom is -0.378 e. The van der Waals surface area contributed by atoms with Crippen molar-refractivity contribution in [3.05, 3.63) is 35.9 Å². The summed E-state index contributed by atoms with van der Waals surface area (Å²) in [6.07, 6.45) is 0.0588. The number of hydroxylamine groups is 2. The Hall–Kier alpha value is -2.49. The molecule has 1 aliphatic rings. The van der Waals surface area contributed by atoms with Gasteiger partial charge in [-0.25, -0.2) is 4.79 Å². The minimum atomic E-state index is -0.695. The second-order valence-corrected chi connectivity index (χ2v) is 8.62. The number of ether oxygens (including phenoxy) is 8. The van der Waals surface area contributed by atoms with Crippen molar-refractivity contribution in [1.82, 2.24) is 5.06 Å². The predicted molar refractivity (Wildman–Crippen MR) is 144 cm³/mol. The molecule has 1 aliphatic heterocycles. The van der Waals surface area contributed by atoms with Gasteiger partial charge in [0.1, 0.15) is 0 Å². The molecule has 41 heavy (non-hydrogen) atoms. The van der Waals surface area contributed by atoms with Crippen LogP contribution in [-0.2, 0) is 63.7 Å². The van der Waals surface area contributed by atoms with Crippen LogP contribution < -0.4 is 0 Å². The summed E-state index contributed by atoms with van der Waals surface area (Å²) in [6.45, 7) is 7.11. The van der Waals surface area contributed by atoms with E-state index in [0.717, 1.165) is 5.56 Å². The van der Waals surface area contributed by atoms with Crippen molar-refractivity contribution < 1.29 is 57.1 Å². The SMILES string of the molecule is O=C(CCOCCOCCOCCOCCOCCOCCOCCOCc1ccccc1)ON1C(=O)CCC1=O. The number of imide groups is 1. The Morgan fingerprint density at radius 1 is 0.537 bits per heavy atom. The molecule has 1 saturated heterocycles. The molecule has 2 rings (SSSR count). The topological polar surface area (TPSA) is 138 Å². The third kappa shape index (κ3) is 18.5. The van der Waals surface area contributed by atoms with Crippen LogP contribution in [0.4, 0.5) is 0 Å². The van der Waals surface area contributed by atoms with E-state index in [1.54, 1.807) is 0 Å². The van der Waals surface area contributed by atoms with E-state index in [1.807, 2.05) is 30.3 Å². The van der Waals surface area contributed by atoms with Crippen molar-refractivity contribution in [2.45, 2.75) is 25.9 Å². The van der Waals surface area contributed by atoms with Gasteiger partial charge in [0.05, 0.1) is 112 Å². The lowest BCUT2D eigenvalue weighted by molar-refractivity contribution is -0.198. The zero-order valence-corrected chi connectivity index (χ0v) is 23.7. The molecule has 0 saturated carbocycles. The Morgan fingerprint density at radius 3 is 1.32 bits per heavy atom. The first-order valence-corrected chi connectivity index (χ1v) is 13.9. The smallest absolute Gasteiger partial charge is 0.335 e. The highest BCUT2D eigenvalue weighted by Crippen LogP contribution is 2.12. The number of carbonyl (C=O) groups is 3. The predicted octanol–water partition coefficient (Wildman–Crippen LogP) is 1.32. The maximum absolute atomic E-state index is 11.6. The fraction of sp³-hybridized carbons (Fsp3) is 0.679. The number of nitrogens with zero attached hydrogens (tertiary/aromatic N) is 1. The molecule has 2 amide bonds. The lowest BCUT2D eigenvalue weighted by Gasteiger charge is -2.12. The highest BCUT2D eigenvalue weighted by Gasteiger charge is 2.32. The van der Waals surface area contributed by atoms with Crippen molar-refractivity contribution in [3.8, 4) is 0 Å². The van der Waals surface area contributed by atoms with E-state index in [-0.39, 0.29) is 25.9 Å². The number of carbonyl (C=O) groups excluding carboxylic acids is 3. The Morgan fingerprint density at radius 2 is 0.902 bits per heavy atom. The fourth-order valence-electron chi connectivity index (χ4n) is 3.26. The van der Waals surface area contributed by atoms with Crippen molar-refractivity contribution in [3.63, 3.8) is 0 Å². The van der Waals surface area contributed by atoms with Gasteiger partial charge < -0.3 is 42.7 Å². The van der Waals surface area contributed by atoms with E-state index in [2.05, 4.69) is 0 Å². The molecule has 232 valence electrons. The molecule has 0 N–H and O–H groups in total. The molecule has 0 bridgehead atoms. The normalized spacial score (nSPS) is 13.3. The Bertz CT molecular complexity index is 810. The number of benzene rings is 1. The summed E-state index contributed by atoms with van der Waals surface area (Å²) in [7, 11) is 0. The highest BCUT2D eigenvalue weighted by atomic mass is 16.7. The minimum absolute atomic E-state index is 0.0634. The van der Waals surface area contributed by atoms with Crippen LogP contribution in [0.2, 0.25) is 0 Å². The highest BCUT2D eigenvalue weighted by molar-refractivity contribution is 6.01. The van der Waals surface area contributed by atoms with Crippen LogP contribution in [0.5, 0.6) is 0 Å². The van der Waals surface area contributed by atoms with E-state index in [0.29, 0.717) is 104 Å². The Labute approximate surface area is 241 Å². The summed E-state index contributed by atoms with van der Waals surface area (Å²) < 4.78 is 43.4. The maximum Gasteiger partial charge on any atom is 0.335 e. The third-order valence-electron chi connectivity index (χ3n) is 5.37. The molecule has 0 spiro atoms. The van der Waals surface area contributed by atoms with Gasteiger partial charge in [0.2, 0.25) is 0 Å². The van der Waals surface area contributed by atoms with Gasteiger partial charge in [-0.15, -0.1) is 5.06 Å². The summed E-state index contributed by atoms with van der Waals surface area (Å²) >= 11 is 0. The van der Waals surface area contributed by atoms with Gasteiger partial charge >= 0.3 is 5.97 Å². The van der Waals surface area contributed by atoms with E-state index >= 15 is 0 Å². The van der Waals surface area contributed by atoms with Crippen LogP contribution in [0.25, 0.3) is 0 Å². The van der Waals surface area contributed by atoms with Gasteiger partial charge in [-0.05, 0) is 5.56 Å². The van der Waals surface area contributed by atoms with Gasteiger partial charge in [-0.3, -0.25) is 9.59 Å². The molecular weight excluding hydrogens is 542 g/mol. The molecule has 0 unspecified atom stereocenters. The molecule has 1 heterocycles. The van der Waals surface area contributed by atoms with Crippen LogP contribution in [0, 0.1) is 0 Å². The average Bonchev–Trinajstić information content (AvgIpc) is 3.29. The standard InChI is InChI=1S/C28H43NO12/c30-26-6-7-27(31)29(26)41-28(32)8-9-33-10-11-34-12-13-35-14-15-36-16-17-37-18-19-38-20-21-39-22-23-40-24-25-4-2-1-3-5-25/h1-5H,6-24H2. The third-order valence-corrected chi connectivity index (χ3v) is 5.37. The van der Waals surface area contributed by atoms with E-state index in [1.165, 1.54) is 0 Å². The summed E-state index contributed by atoms with van der Waals surface area (Å²) in [5, 5.41) is 0.521. The Kier molecular flexibility index (Phi) is 20.4. The molecule has 13 heteroatoms. The van der Waals surface area contributed by atoms with Gasteiger partial charge in [0.25, 0.3) is 11.8 Å². The van der Waals surface area contributed by atoms with Gasteiger partial charge in [0, 0.05) is 12.8 Å². The van der Waals surface area contributed by atoms with Crippen LogP contribution in [-0.4, -0.2) is 122 Å². The Balaban J connectivity index is 1.19. The van der Waals surface area contributed by atoms with Crippen LogP contribution in [0.3, 0.4) is 0 Å². The second kappa shape index (κ2) is 24.1. The number of rotatable bonds is 27. The molecule has 1 aromatic carbocycles. The molecule has 0 atom stereocenters. The van der Waals surface area contributed by atoms with Crippen molar-refractivity contribution in [1.29, 1.82) is 0 Å². The molecule has 13 nitrogen and oxygen atoms in total. The second-order valence-electron chi connectivity index (χ2n) is 8.62. The summed E-state index contributed by atoms with van der Waals surface area (Å²) in [6, 6.07) is 10.0. The molecule has 0 aromatic heterocycles. The van der Waals surface area contributed by atoms with E-state index < -0.39 is 17.8 Å². The van der Waals surface area contributed by atoms with Gasteiger partial charge in [0.15, 0.2) is 0 Å². The van der Waals surface area contributed by atoms with Crippen molar-refractivity contribution in [2.24, 2.45) is 0 Å². The van der Waals surface area contributed by atoms with Crippen LogP contribution in [0.15, 0.2) is 30.3 Å². The first kappa shape index (κ1) is 34.7. The number of hydrogen-bond acceptors (Lipinski definition) is 12. The quantitative estimate of drug-likeness (QED) is 0.109. The molecule has 0 radical (unpaired) electrons. The van der Waals surface area contributed by atoms with Gasteiger partial charge in [-0.2, -0.15) is 0 Å². The zero-order chi connectivity index (χ0) is 29.2. The lowest BCUT2D eigenvalue weighted by Crippen LogP contribution is -2.32. The van der Waals surface area contributed by atoms with E-state index in [9.17, 15) is 14.4 Å². The van der Waals surface area contributed by atoms with Crippen molar-refractivity contribution in [2.75, 3.05) is 99.1 Å². The maximum atomic E-state index is 11.6. The average molecular weight is 586 g/mol. The van der Waals surface area contributed by atoms with Crippen LogP contribution in [0.1, 0.15) is 24.8 Å². The largest absolute Gasteiger partial charge is 0.378 e. The summed E-state index contributed by atoms with van der Waals surface area (Å²) in [5.41, 5.74) is 1.15. The van der Waals surface area contributed by atoms with Gasteiger partial charge in [-0.1, -0.05) is 30.3 Å². The van der Waals surface area contributed by atoms with Crippen LogP contribution >= 0.6 is 0 Å². The molecule has 1 aromatic rings. The molecular formula is C28H43NO12. The molecule has 0 aliphatic carbocycles. The number of hydrogen-bond donors (Lipinski definition) is 0. The van der Waals surface area contributed by atoms with E-state index in [4.69, 9.17) is 42.7 Å². The number of amides is 2.